The molecule has 0 aliphatic rings. The van der Waals surface area contributed by atoms with Crippen LogP contribution in [0, 0.1) is 14.9 Å². The molecule has 0 heterocycles. The minimum Gasteiger partial charge on any atom is -0.195 e. The first-order valence-corrected chi connectivity index (χ1v) is 5.40. The van der Waals surface area contributed by atoms with Crippen molar-refractivity contribution in [3.63, 3.8) is 0 Å². The molecule has 0 N–H and O–H groups in total. The fourth-order valence-electron chi connectivity index (χ4n) is 0.898. The quantitative estimate of drug-likeness (QED) is 0.603. The van der Waals surface area contributed by atoms with E-state index in [0.29, 0.717) is 6.42 Å². The van der Waals surface area contributed by atoms with Gasteiger partial charge in [-0.15, -0.1) is 0 Å². The maximum Gasteiger partial charge on any atom is 0.207 e. The van der Waals surface area contributed by atoms with E-state index in [-0.39, 0.29) is 0 Å². The van der Waals surface area contributed by atoms with Crippen LogP contribution in [0.4, 0.5) is 0 Å². The van der Waals surface area contributed by atoms with Crippen LogP contribution in [0.5, 0.6) is 0 Å². The van der Waals surface area contributed by atoms with Crippen molar-refractivity contribution in [2.45, 2.75) is 10.8 Å². The molecule has 0 aromatic heterocycles. The molecule has 1 aromatic rings. The first-order chi connectivity index (χ1) is 6.03. The van der Waals surface area contributed by atoms with Crippen LogP contribution in [0.2, 0.25) is 0 Å². The van der Waals surface area contributed by atoms with Crippen LogP contribution in [0.25, 0.3) is 0 Å². The Bertz CT molecular complexity index is 326. The van der Waals surface area contributed by atoms with Gasteiger partial charge in [0.15, 0.2) is 0 Å². The Morgan fingerprint density at radius 2 is 1.85 bits per heavy atom. The minimum atomic E-state index is -1.31. The highest BCUT2D eigenvalue weighted by Gasteiger charge is 2.23. The molecule has 0 saturated heterocycles. The number of alkyl halides is 2. The smallest absolute Gasteiger partial charge is 0.195 e. The van der Waals surface area contributed by atoms with Crippen molar-refractivity contribution >= 4 is 45.8 Å². The van der Waals surface area contributed by atoms with Gasteiger partial charge in [-0.05, 0) is 40.3 Å². The highest BCUT2D eigenvalue weighted by Crippen LogP contribution is 2.25. The van der Waals surface area contributed by atoms with Gasteiger partial charge in [-0.25, -0.2) is 0 Å². The fourth-order valence-corrected chi connectivity index (χ4v) is 1.57. The van der Waals surface area contributed by atoms with Gasteiger partial charge < -0.3 is 0 Å². The van der Waals surface area contributed by atoms with Crippen LogP contribution in [-0.4, -0.2) is 4.33 Å². The lowest BCUT2D eigenvalue weighted by Crippen LogP contribution is -2.12. The Hall–Kier alpha value is 0.0200. The van der Waals surface area contributed by atoms with Crippen molar-refractivity contribution in [2.24, 2.45) is 0 Å². The number of nitrogens with zero attached hydrogens (tertiary/aromatic N) is 1. The third-order valence-electron chi connectivity index (χ3n) is 1.50. The summed E-state index contributed by atoms with van der Waals surface area (Å²) < 4.78 is -0.166. The molecule has 0 amide bonds. The van der Waals surface area contributed by atoms with E-state index in [4.69, 9.17) is 28.5 Å². The Morgan fingerprint density at radius 1 is 1.31 bits per heavy atom. The second-order valence-electron chi connectivity index (χ2n) is 2.62. The van der Waals surface area contributed by atoms with Gasteiger partial charge in [-0.2, -0.15) is 5.26 Å². The van der Waals surface area contributed by atoms with E-state index in [1.165, 1.54) is 0 Å². The predicted molar refractivity (Wildman–Crippen MR) is 62.9 cm³/mol. The molecule has 0 aliphatic carbocycles. The number of nitriles is 1. The molecule has 0 radical (unpaired) electrons. The first kappa shape index (κ1) is 11.1. The third-order valence-corrected chi connectivity index (χ3v) is 2.66. The SMILES string of the molecule is N#CC(Cl)(Cl)Cc1ccc(I)cc1. The lowest BCUT2D eigenvalue weighted by atomic mass is 10.1. The zero-order chi connectivity index (χ0) is 9.90. The molecule has 68 valence electrons. The van der Waals surface area contributed by atoms with E-state index in [1.54, 1.807) is 0 Å². The first-order valence-electron chi connectivity index (χ1n) is 3.57. The zero-order valence-electron chi connectivity index (χ0n) is 6.60. The summed E-state index contributed by atoms with van der Waals surface area (Å²) in [6, 6.07) is 9.57. The average Bonchev–Trinajstić information content (AvgIpc) is 2.09. The Kier molecular flexibility index (Phi) is 3.84. The standard InChI is InChI=1S/C9H6Cl2IN/c10-9(11,6-13)5-7-1-3-8(12)4-2-7/h1-4H,5H2. The van der Waals surface area contributed by atoms with E-state index in [0.717, 1.165) is 9.13 Å². The second kappa shape index (κ2) is 4.50. The lowest BCUT2D eigenvalue weighted by molar-refractivity contribution is 0.946. The summed E-state index contributed by atoms with van der Waals surface area (Å²) in [7, 11) is 0. The maximum atomic E-state index is 8.59. The predicted octanol–water partition coefficient (Wildman–Crippen LogP) is 3.53. The monoisotopic (exact) mass is 325 g/mol. The van der Waals surface area contributed by atoms with Gasteiger partial charge in [0.25, 0.3) is 0 Å². The van der Waals surface area contributed by atoms with Gasteiger partial charge in [0.05, 0.1) is 0 Å². The molecule has 0 saturated carbocycles. The van der Waals surface area contributed by atoms with Gasteiger partial charge in [-0.3, -0.25) is 0 Å². The van der Waals surface area contributed by atoms with Crippen LogP contribution in [0.3, 0.4) is 0 Å². The normalized spacial score (nSPS) is 10.9. The fraction of sp³-hybridized carbons (Fsp3) is 0.222. The number of hydrogen-bond donors (Lipinski definition) is 0. The number of rotatable bonds is 2. The molecule has 0 atom stereocenters. The van der Waals surface area contributed by atoms with E-state index < -0.39 is 4.33 Å². The number of hydrogen-bond acceptors (Lipinski definition) is 1. The van der Waals surface area contributed by atoms with Crippen molar-refractivity contribution in [1.82, 2.24) is 0 Å². The van der Waals surface area contributed by atoms with E-state index in [9.17, 15) is 0 Å². The number of benzene rings is 1. The minimum absolute atomic E-state index is 0.351. The van der Waals surface area contributed by atoms with Crippen molar-refractivity contribution in [2.75, 3.05) is 0 Å². The molecule has 1 nitrogen and oxygen atoms in total. The van der Waals surface area contributed by atoms with E-state index in [2.05, 4.69) is 22.6 Å². The third kappa shape index (κ3) is 3.72. The highest BCUT2D eigenvalue weighted by molar-refractivity contribution is 14.1. The summed E-state index contributed by atoms with van der Waals surface area (Å²) >= 11 is 13.6. The van der Waals surface area contributed by atoms with Gasteiger partial charge in [0, 0.05) is 9.99 Å². The summed E-state index contributed by atoms with van der Waals surface area (Å²) in [5.74, 6) is 0. The second-order valence-corrected chi connectivity index (χ2v) is 5.35. The Balaban J connectivity index is 2.77. The lowest BCUT2D eigenvalue weighted by Gasteiger charge is -2.09. The number of halogens is 3. The molecule has 4 heteroatoms. The van der Waals surface area contributed by atoms with Gasteiger partial charge in [-0.1, -0.05) is 35.3 Å². The van der Waals surface area contributed by atoms with Gasteiger partial charge in [0.1, 0.15) is 6.07 Å². The summed E-state index contributed by atoms with van der Waals surface area (Å²) in [5.41, 5.74) is 0.965. The van der Waals surface area contributed by atoms with Crippen LogP contribution in [0.15, 0.2) is 24.3 Å². The maximum absolute atomic E-state index is 8.59. The van der Waals surface area contributed by atoms with Crippen molar-refractivity contribution in [1.29, 1.82) is 5.26 Å². The summed E-state index contributed by atoms with van der Waals surface area (Å²) in [5, 5.41) is 8.59. The largest absolute Gasteiger partial charge is 0.207 e. The van der Waals surface area contributed by atoms with Crippen LogP contribution in [-0.2, 0) is 6.42 Å². The average molecular weight is 326 g/mol. The molecule has 0 aliphatic heterocycles. The van der Waals surface area contributed by atoms with Crippen molar-refractivity contribution in [3.8, 4) is 6.07 Å². The summed E-state index contributed by atoms with van der Waals surface area (Å²) in [4.78, 5) is 0. The van der Waals surface area contributed by atoms with Gasteiger partial charge >= 0.3 is 0 Å². The Labute approximate surface area is 101 Å². The molecular weight excluding hydrogens is 320 g/mol. The van der Waals surface area contributed by atoms with E-state index >= 15 is 0 Å². The molecule has 0 spiro atoms. The summed E-state index contributed by atoms with van der Waals surface area (Å²) in [6.07, 6.45) is 0.351. The van der Waals surface area contributed by atoms with Crippen molar-refractivity contribution in [3.05, 3.63) is 33.4 Å². The summed E-state index contributed by atoms with van der Waals surface area (Å²) in [6.45, 7) is 0. The topological polar surface area (TPSA) is 23.8 Å². The molecule has 1 aromatic carbocycles. The molecular formula is C9H6Cl2IN. The van der Waals surface area contributed by atoms with Crippen LogP contribution < -0.4 is 0 Å². The zero-order valence-corrected chi connectivity index (χ0v) is 10.3. The van der Waals surface area contributed by atoms with Gasteiger partial charge in [0.2, 0.25) is 4.33 Å². The highest BCUT2D eigenvalue weighted by atomic mass is 127. The molecule has 0 unspecified atom stereocenters. The van der Waals surface area contributed by atoms with Crippen molar-refractivity contribution < 1.29 is 0 Å². The molecule has 1 rings (SSSR count). The van der Waals surface area contributed by atoms with Crippen LogP contribution >= 0.6 is 45.8 Å². The molecule has 0 fully saturated rings. The van der Waals surface area contributed by atoms with Crippen LogP contribution in [0.1, 0.15) is 5.56 Å². The molecule has 13 heavy (non-hydrogen) atoms. The van der Waals surface area contributed by atoms with E-state index in [1.807, 2.05) is 30.3 Å². The molecule has 0 bridgehead atoms. The Morgan fingerprint density at radius 3 is 2.31 bits per heavy atom.